The molecule has 7 heteroatoms. The average molecular weight is 294 g/mol. The summed E-state index contributed by atoms with van der Waals surface area (Å²) in [5.74, 6) is -0.719. The van der Waals surface area contributed by atoms with Gasteiger partial charge in [-0.2, -0.15) is 5.01 Å². The van der Waals surface area contributed by atoms with Gasteiger partial charge in [-0.15, -0.1) is 0 Å². The molecule has 2 aliphatic heterocycles. The number of barbiturate groups is 1. The summed E-state index contributed by atoms with van der Waals surface area (Å²) in [6.45, 7) is 2.86. The molecule has 0 radical (unpaired) electrons. The van der Waals surface area contributed by atoms with Crippen LogP contribution in [0, 0.1) is 5.41 Å². The van der Waals surface area contributed by atoms with Crippen molar-refractivity contribution in [2.24, 2.45) is 5.41 Å². The summed E-state index contributed by atoms with van der Waals surface area (Å²) in [6.07, 6.45) is 3.88. The molecule has 1 N–H and O–H groups in total. The summed E-state index contributed by atoms with van der Waals surface area (Å²) in [7, 11) is 2.02. The van der Waals surface area contributed by atoms with Crippen LogP contribution < -0.4 is 5.32 Å². The molecule has 0 bridgehead atoms. The van der Waals surface area contributed by atoms with Crippen LogP contribution in [0.5, 0.6) is 0 Å². The van der Waals surface area contributed by atoms with Crippen molar-refractivity contribution in [3.8, 4) is 0 Å². The largest absolute Gasteiger partial charge is 0.345 e. The second-order valence-electron chi connectivity index (χ2n) is 6.28. The second-order valence-corrected chi connectivity index (χ2v) is 6.28. The molecule has 1 saturated carbocycles. The number of nitrogens with one attached hydrogen (secondary N) is 1. The fraction of sp³-hybridized carbons (Fsp3) is 0.786. The summed E-state index contributed by atoms with van der Waals surface area (Å²) in [6, 6.07) is -0.592. The Morgan fingerprint density at radius 3 is 2.19 bits per heavy atom. The first-order chi connectivity index (χ1) is 10.0. The van der Waals surface area contributed by atoms with Crippen LogP contribution in [-0.2, 0) is 9.59 Å². The Bertz CT molecular complexity index is 465. The minimum Gasteiger partial charge on any atom is -0.304 e. The van der Waals surface area contributed by atoms with Gasteiger partial charge in [0.2, 0.25) is 5.91 Å². The first-order valence-electron chi connectivity index (χ1n) is 7.68. The van der Waals surface area contributed by atoms with Crippen molar-refractivity contribution in [3.63, 3.8) is 0 Å². The predicted molar refractivity (Wildman–Crippen MR) is 75.0 cm³/mol. The Balaban J connectivity index is 1.84. The maximum Gasteiger partial charge on any atom is 0.345 e. The van der Waals surface area contributed by atoms with Crippen LogP contribution in [0.15, 0.2) is 0 Å². The van der Waals surface area contributed by atoms with Crippen molar-refractivity contribution >= 4 is 17.8 Å². The number of rotatable bonds is 1. The lowest BCUT2D eigenvalue weighted by Gasteiger charge is -2.46. The van der Waals surface area contributed by atoms with Gasteiger partial charge in [-0.05, 0) is 19.9 Å². The minimum absolute atomic E-state index is 0.319. The van der Waals surface area contributed by atoms with Gasteiger partial charge in [-0.25, -0.2) is 9.80 Å². The van der Waals surface area contributed by atoms with E-state index in [9.17, 15) is 14.4 Å². The van der Waals surface area contributed by atoms with E-state index in [4.69, 9.17) is 0 Å². The van der Waals surface area contributed by atoms with Crippen molar-refractivity contribution in [2.45, 2.75) is 32.1 Å². The van der Waals surface area contributed by atoms with E-state index in [-0.39, 0.29) is 5.91 Å². The number of carbonyl (C=O) groups is 3. The zero-order valence-electron chi connectivity index (χ0n) is 12.4. The van der Waals surface area contributed by atoms with Gasteiger partial charge in [0.1, 0.15) is 5.41 Å². The fourth-order valence-corrected chi connectivity index (χ4v) is 3.51. The molecule has 3 fully saturated rings. The van der Waals surface area contributed by atoms with Gasteiger partial charge < -0.3 is 4.90 Å². The smallest absolute Gasteiger partial charge is 0.304 e. The maximum atomic E-state index is 12.9. The lowest BCUT2D eigenvalue weighted by atomic mass is 9.71. The zero-order chi connectivity index (χ0) is 15.0. The third-order valence-electron chi connectivity index (χ3n) is 4.92. The van der Waals surface area contributed by atoms with Gasteiger partial charge >= 0.3 is 6.03 Å². The van der Waals surface area contributed by atoms with E-state index in [0.29, 0.717) is 25.9 Å². The van der Waals surface area contributed by atoms with E-state index in [1.165, 1.54) is 5.01 Å². The Morgan fingerprint density at radius 1 is 0.952 bits per heavy atom. The highest BCUT2D eigenvalue weighted by Crippen LogP contribution is 2.40. The van der Waals surface area contributed by atoms with Crippen LogP contribution >= 0.6 is 0 Å². The van der Waals surface area contributed by atoms with E-state index in [2.05, 4.69) is 10.2 Å². The molecule has 1 aliphatic carbocycles. The molecule has 7 nitrogen and oxygen atoms in total. The molecular weight excluding hydrogens is 272 g/mol. The van der Waals surface area contributed by atoms with Gasteiger partial charge in [0.05, 0.1) is 0 Å². The van der Waals surface area contributed by atoms with Crippen LogP contribution in [0.1, 0.15) is 32.1 Å². The van der Waals surface area contributed by atoms with Gasteiger partial charge in [0.15, 0.2) is 0 Å². The number of carbonyl (C=O) groups excluding carboxylic acids is 3. The number of urea groups is 1. The molecule has 2 saturated heterocycles. The average Bonchev–Trinajstić information content (AvgIpc) is 2.48. The van der Waals surface area contributed by atoms with E-state index in [1.54, 1.807) is 5.01 Å². The van der Waals surface area contributed by atoms with Crippen molar-refractivity contribution in [1.82, 2.24) is 20.2 Å². The molecule has 0 aromatic heterocycles. The summed E-state index contributed by atoms with van der Waals surface area (Å²) in [4.78, 5) is 39.5. The highest BCUT2D eigenvalue weighted by Gasteiger charge is 2.55. The van der Waals surface area contributed by atoms with Gasteiger partial charge in [0.25, 0.3) is 5.91 Å². The summed E-state index contributed by atoms with van der Waals surface area (Å²) >= 11 is 0. The molecule has 0 aromatic carbocycles. The van der Waals surface area contributed by atoms with Crippen LogP contribution in [0.25, 0.3) is 0 Å². The number of hydrogen-bond donors (Lipinski definition) is 1. The standard InChI is InChI=1S/C14H22N4O3/c1-16-7-9-17(10-8-16)18-12(20)14(5-3-2-4-6-14)11(19)15-13(18)21/h2-10H2,1H3,(H,15,19,21). The van der Waals surface area contributed by atoms with Crippen molar-refractivity contribution in [1.29, 1.82) is 0 Å². The zero-order valence-corrected chi connectivity index (χ0v) is 12.4. The monoisotopic (exact) mass is 294 g/mol. The van der Waals surface area contributed by atoms with Crippen LogP contribution in [0.4, 0.5) is 4.79 Å². The normalized spacial score (nSPS) is 28.0. The van der Waals surface area contributed by atoms with Crippen LogP contribution in [0.2, 0.25) is 0 Å². The van der Waals surface area contributed by atoms with E-state index in [0.717, 1.165) is 32.4 Å². The second kappa shape index (κ2) is 5.38. The minimum atomic E-state index is -1.02. The molecule has 1 spiro atoms. The molecule has 0 atom stereocenters. The first-order valence-corrected chi connectivity index (χ1v) is 7.68. The summed E-state index contributed by atoms with van der Waals surface area (Å²) < 4.78 is 0. The Kier molecular flexibility index (Phi) is 3.71. The third-order valence-corrected chi connectivity index (χ3v) is 4.92. The number of amides is 4. The molecular formula is C14H22N4O3. The number of piperazine rings is 1. The molecule has 3 rings (SSSR count). The molecule has 3 aliphatic rings. The molecule has 0 aromatic rings. The SMILES string of the molecule is CN1CCN(N2C(=O)NC(=O)C3(CCCCC3)C2=O)CC1. The quantitative estimate of drug-likeness (QED) is 0.698. The van der Waals surface area contributed by atoms with Crippen molar-refractivity contribution < 1.29 is 14.4 Å². The maximum absolute atomic E-state index is 12.9. The van der Waals surface area contributed by atoms with Crippen LogP contribution in [0.3, 0.4) is 0 Å². The lowest BCUT2D eigenvalue weighted by Crippen LogP contribution is -2.69. The van der Waals surface area contributed by atoms with Crippen molar-refractivity contribution in [2.75, 3.05) is 33.2 Å². The topological polar surface area (TPSA) is 73.0 Å². The predicted octanol–water partition coefficient (Wildman–Crippen LogP) is 0.178. The van der Waals surface area contributed by atoms with E-state index in [1.807, 2.05) is 7.05 Å². The number of hydrazine groups is 1. The number of imide groups is 2. The van der Waals surface area contributed by atoms with E-state index < -0.39 is 17.4 Å². The number of hydrogen-bond acceptors (Lipinski definition) is 5. The third kappa shape index (κ3) is 2.34. The molecule has 2 heterocycles. The molecule has 21 heavy (non-hydrogen) atoms. The Labute approximate surface area is 124 Å². The summed E-state index contributed by atoms with van der Waals surface area (Å²) in [5.41, 5.74) is -1.02. The molecule has 0 unspecified atom stereocenters. The van der Waals surface area contributed by atoms with E-state index >= 15 is 0 Å². The fourth-order valence-electron chi connectivity index (χ4n) is 3.51. The van der Waals surface area contributed by atoms with Gasteiger partial charge in [0, 0.05) is 26.2 Å². The Morgan fingerprint density at radius 2 is 1.57 bits per heavy atom. The molecule has 116 valence electrons. The number of nitrogens with zero attached hydrogens (tertiary/aromatic N) is 3. The first kappa shape index (κ1) is 14.5. The summed E-state index contributed by atoms with van der Waals surface area (Å²) in [5, 5.41) is 5.37. The Hall–Kier alpha value is -1.47. The highest BCUT2D eigenvalue weighted by atomic mass is 16.2. The van der Waals surface area contributed by atoms with Crippen molar-refractivity contribution in [3.05, 3.63) is 0 Å². The molecule has 4 amide bonds. The van der Waals surface area contributed by atoms with Gasteiger partial charge in [-0.3, -0.25) is 14.9 Å². The lowest BCUT2D eigenvalue weighted by molar-refractivity contribution is -0.167. The number of likely N-dealkylation sites (N-methyl/N-ethyl adjacent to an activating group) is 1. The van der Waals surface area contributed by atoms with Crippen LogP contribution in [-0.4, -0.2) is 66.0 Å². The highest BCUT2D eigenvalue weighted by molar-refractivity contribution is 6.18. The van der Waals surface area contributed by atoms with Gasteiger partial charge in [-0.1, -0.05) is 19.3 Å².